The summed E-state index contributed by atoms with van der Waals surface area (Å²) in [4.78, 5) is 36.6. The Bertz CT molecular complexity index is 908. The van der Waals surface area contributed by atoms with Crippen LogP contribution >= 0.6 is 0 Å². The van der Waals surface area contributed by atoms with Crippen LogP contribution in [0.25, 0.3) is 11.1 Å². The van der Waals surface area contributed by atoms with Gasteiger partial charge in [-0.25, -0.2) is 4.79 Å². The van der Waals surface area contributed by atoms with Gasteiger partial charge in [-0.05, 0) is 35.1 Å². The maximum absolute atomic E-state index is 12.2. The molecule has 2 aliphatic rings. The molecule has 0 unspecified atom stereocenters. The number of rotatable bonds is 7. The molecule has 2 aromatic rings. The third kappa shape index (κ3) is 4.08. The number of carboxylic acids is 1. The summed E-state index contributed by atoms with van der Waals surface area (Å²) >= 11 is 0. The molecule has 2 amide bonds. The zero-order valence-corrected chi connectivity index (χ0v) is 15.8. The Morgan fingerprint density at radius 2 is 1.59 bits per heavy atom. The number of hydrogen-bond acceptors (Lipinski definition) is 4. The fraction of sp³-hybridized carbons (Fsp3) is 0.318. The lowest BCUT2D eigenvalue weighted by molar-refractivity contribution is -0.144. The Balaban J connectivity index is 1.34. The SMILES string of the molecule is O=C(O)CN(C(=O)CNC(=O)OCC1c2ccccc2-c2ccccc21)C1CC1. The highest BCUT2D eigenvalue weighted by molar-refractivity contribution is 5.86. The zero-order chi connectivity index (χ0) is 20.4. The Kier molecular flexibility index (Phi) is 5.20. The van der Waals surface area contributed by atoms with Gasteiger partial charge in [0.05, 0.1) is 0 Å². The maximum Gasteiger partial charge on any atom is 0.407 e. The molecule has 29 heavy (non-hydrogen) atoms. The van der Waals surface area contributed by atoms with E-state index in [-0.39, 0.29) is 31.7 Å². The number of nitrogens with zero attached hydrogens (tertiary/aromatic N) is 1. The van der Waals surface area contributed by atoms with Crippen LogP contribution in [0.4, 0.5) is 4.79 Å². The molecule has 7 heteroatoms. The predicted molar refractivity (Wildman–Crippen MR) is 105 cm³/mol. The van der Waals surface area contributed by atoms with Gasteiger partial charge in [0.15, 0.2) is 0 Å². The van der Waals surface area contributed by atoms with Gasteiger partial charge in [-0.1, -0.05) is 48.5 Å². The molecule has 150 valence electrons. The fourth-order valence-electron chi connectivity index (χ4n) is 3.85. The molecule has 1 saturated carbocycles. The molecule has 0 bridgehead atoms. The molecule has 0 atom stereocenters. The summed E-state index contributed by atoms with van der Waals surface area (Å²) in [5.41, 5.74) is 4.50. The van der Waals surface area contributed by atoms with Crippen molar-refractivity contribution in [1.29, 1.82) is 0 Å². The minimum absolute atomic E-state index is 0.0390. The van der Waals surface area contributed by atoms with E-state index in [1.807, 2.05) is 36.4 Å². The van der Waals surface area contributed by atoms with Crippen molar-refractivity contribution in [2.45, 2.75) is 24.8 Å². The number of carbonyl (C=O) groups excluding carboxylic acids is 2. The Morgan fingerprint density at radius 1 is 1.00 bits per heavy atom. The van der Waals surface area contributed by atoms with Crippen LogP contribution in [0.5, 0.6) is 0 Å². The normalized spacial score (nSPS) is 14.6. The van der Waals surface area contributed by atoms with E-state index in [2.05, 4.69) is 17.4 Å². The van der Waals surface area contributed by atoms with Crippen molar-refractivity contribution in [3.8, 4) is 11.1 Å². The quantitative estimate of drug-likeness (QED) is 0.753. The van der Waals surface area contributed by atoms with Crippen molar-refractivity contribution < 1.29 is 24.2 Å². The van der Waals surface area contributed by atoms with Crippen molar-refractivity contribution in [1.82, 2.24) is 10.2 Å². The highest BCUT2D eigenvalue weighted by Gasteiger charge is 2.34. The second-order valence-electron chi connectivity index (χ2n) is 7.33. The molecule has 2 aromatic carbocycles. The van der Waals surface area contributed by atoms with E-state index in [0.717, 1.165) is 35.1 Å². The van der Waals surface area contributed by atoms with E-state index in [4.69, 9.17) is 9.84 Å². The Labute approximate surface area is 168 Å². The molecule has 0 radical (unpaired) electrons. The van der Waals surface area contributed by atoms with Crippen LogP contribution in [-0.2, 0) is 14.3 Å². The van der Waals surface area contributed by atoms with E-state index >= 15 is 0 Å². The van der Waals surface area contributed by atoms with Crippen molar-refractivity contribution in [3.05, 3.63) is 59.7 Å². The van der Waals surface area contributed by atoms with Crippen LogP contribution in [0.15, 0.2) is 48.5 Å². The fourth-order valence-corrected chi connectivity index (χ4v) is 3.85. The van der Waals surface area contributed by atoms with Crippen molar-refractivity contribution >= 4 is 18.0 Å². The van der Waals surface area contributed by atoms with Gasteiger partial charge < -0.3 is 20.1 Å². The van der Waals surface area contributed by atoms with Gasteiger partial charge in [0, 0.05) is 12.0 Å². The topological polar surface area (TPSA) is 95.9 Å². The van der Waals surface area contributed by atoms with Gasteiger partial charge in [-0.15, -0.1) is 0 Å². The van der Waals surface area contributed by atoms with E-state index in [0.29, 0.717) is 0 Å². The van der Waals surface area contributed by atoms with Crippen molar-refractivity contribution in [3.63, 3.8) is 0 Å². The third-order valence-electron chi connectivity index (χ3n) is 5.34. The average Bonchev–Trinajstić information content (AvgIpc) is 3.51. The number of benzene rings is 2. The average molecular weight is 394 g/mol. The summed E-state index contributed by atoms with van der Waals surface area (Å²) in [5, 5.41) is 11.4. The molecular weight excluding hydrogens is 372 g/mol. The molecule has 7 nitrogen and oxygen atoms in total. The van der Waals surface area contributed by atoms with Crippen LogP contribution < -0.4 is 5.32 Å². The Hall–Kier alpha value is -3.35. The van der Waals surface area contributed by atoms with E-state index in [1.165, 1.54) is 4.90 Å². The number of fused-ring (bicyclic) bond motifs is 3. The van der Waals surface area contributed by atoms with E-state index < -0.39 is 18.0 Å². The van der Waals surface area contributed by atoms with Gasteiger partial charge in [-0.3, -0.25) is 9.59 Å². The number of ether oxygens (including phenoxy) is 1. The van der Waals surface area contributed by atoms with Gasteiger partial charge in [0.1, 0.15) is 19.7 Å². The minimum atomic E-state index is -1.06. The second-order valence-corrected chi connectivity index (χ2v) is 7.33. The van der Waals surface area contributed by atoms with Crippen molar-refractivity contribution in [2.24, 2.45) is 0 Å². The van der Waals surface area contributed by atoms with Crippen LogP contribution in [0.2, 0.25) is 0 Å². The third-order valence-corrected chi connectivity index (χ3v) is 5.34. The molecule has 0 saturated heterocycles. The second kappa shape index (κ2) is 7.95. The lowest BCUT2D eigenvalue weighted by Crippen LogP contribution is -2.44. The number of hydrogen-bond donors (Lipinski definition) is 2. The largest absolute Gasteiger partial charge is 0.480 e. The summed E-state index contributed by atoms with van der Waals surface area (Å²) in [5.74, 6) is -1.53. The molecular formula is C22H22N2O5. The standard InChI is InChI=1S/C22H22N2O5/c25-20(24(12-21(26)27)14-9-10-14)11-23-22(28)29-13-19-17-7-3-1-5-15(17)16-6-2-4-8-18(16)19/h1-8,14,19H,9-13H2,(H,23,28)(H,26,27). The minimum Gasteiger partial charge on any atom is -0.480 e. The summed E-state index contributed by atoms with van der Waals surface area (Å²) in [6, 6.07) is 16.0. The van der Waals surface area contributed by atoms with Gasteiger partial charge in [0.2, 0.25) is 5.91 Å². The van der Waals surface area contributed by atoms with Crippen LogP contribution in [-0.4, -0.2) is 53.7 Å². The number of amides is 2. The Morgan fingerprint density at radius 3 is 2.14 bits per heavy atom. The van der Waals surface area contributed by atoms with E-state index in [1.54, 1.807) is 0 Å². The summed E-state index contributed by atoms with van der Waals surface area (Å²) in [6.07, 6.45) is 0.903. The number of carboxylic acid groups (broad SMARTS) is 1. The van der Waals surface area contributed by atoms with Crippen LogP contribution in [0, 0.1) is 0 Å². The molecule has 1 fully saturated rings. The molecule has 0 aromatic heterocycles. The predicted octanol–water partition coefficient (Wildman–Crippen LogP) is 2.60. The molecule has 2 N–H and O–H groups in total. The van der Waals surface area contributed by atoms with Crippen molar-refractivity contribution in [2.75, 3.05) is 19.7 Å². The molecule has 0 aliphatic heterocycles. The zero-order valence-electron chi connectivity index (χ0n) is 15.8. The first kappa shape index (κ1) is 19.0. The number of nitrogens with one attached hydrogen (secondary N) is 1. The highest BCUT2D eigenvalue weighted by Crippen LogP contribution is 2.44. The molecule has 0 spiro atoms. The van der Waals surface area contributed by atoms with E-state index in [9.17, 15) is 14.4 Å². The maximum atomic E-state index is 12.2. The summed E-state index contributed by atoms with van der Waals surface area (Å²) in [7, 11) is 0. The summed E-state index contributed by atoms with van der Waals surface area (Å²) in [6.45, 7) is -0.466. The van der Waals surface area contributed by atoms with Crippen LogP contribution in [0.3, 0.4) is 0 Å². The first-order valence-electron chi connectivity index (χ1n) is 9.64. The van der Waals surface area contributed by atoms with Crippen LogP contribution in [0.1, 0.15) is 29.9 Å². The van der Waals surface area contributed by atoms with Gasteiger partial charge in [0.25, 0.3) is 0 Å². The summed E-state index contributed by atoms with van der Waals surface area (Å²) < 4.78 is 5.39. The monoisotopic (exact) mass is 394 g/mol. The first-order valence-corrected chi connectivity index (χ1v) is 9.64. The lowest BCUT2D eigenvalue weighted by Gasteiger charge is -2.20. The number of alkyl carbamates (subject to hydrolysis) is 1. The first-order chi connectivity index (χ1) is 14.0. The smallest absolute Gasteiger partial charge is 0.407 e. The van der Waals surface area contributed by atoms with Gasteiger partial charge >= 0.3 is 12.1 Å². The highest BCUT2D eigenvalue weighted by atomic mass is 16.5. The number of carbonyl (C=O) groups is 3. The van der Waals surface area contributed by atoms with Gasteiger partial charge in [-0.2, -0.15) is 0 Å². The lowest BCUT2D eigenvalue weighted by atomic mass is 9.98. The number of aliphatic carboxylic acids is 1. The molecule has 0 heterocycles. The molecule has 2 aliphatic carbocycles. The molecule has 4 rings (SSSR count).